The zero-order valence-corrected chi connectivity index (χ0v) is 77.9. The number of para-hydroxylation sites is 11. The largest absolute Gasteiger partial charge is 0.454 e. The van der Waals surface area contributed by atoms with Crippen LogP contribution in [0.5, 0.6) is 0 Å². The van der Waals surface area contributed by atoms with E-state index in [0.29, 0.717) is 0 Å². The van der Waals surface area contributed by atoms with Crippen molar-refractivity contribution in [2.24, 2.45) is 0 Å². The van der Waals surface area contributed by atoms with Crippen LogP contribution in [0.25, 0.3) is 272 Å². The van der Waals surface area contributed by atoms with Gasteiger partial charge in [-0.3, -0.25) is 0 Å². The first-order valence-corrected chi connectivity index (χ1v) is 49.8. The van der Waals surface area contributed by atoms with E-state index < -0.39 is 0 Å². The van der Waals surface area contributed by atoms with Crippen molar-refractivity contribution in [1.29, 1.82) is 0 Å². The Kier molecular flexibility index (Phi) is 20.0. The van der Waals surface area contributed by atoms with Crippen molar-refractivity contribution in [2.45, 2.75) is 14.9 Å². The first-order valence-electron chi connectivity index (χ1n) is 48.2. The molecule has 0 N–H and O–H groups in total. The first kappa shape index (κ1) is 84.2. The lowest BCUT2D eigenvalue weighted by molar-refractivity contribution is 0.666. The van der Waals surface area contributed by atoms with Gasteiger partial charge in [-0.1, -0.05) is 312 Å². The van der Waals surface area contributed by atoms with Crippen LogP contribution in [0.2, 0.25) is 0 Å². The van der Waals surface area contributed by atoms with E-state index in [1.165, 1.54) is 233 Å². The minimum absolute atomic E-state index is 0. The highest BCUT2D eigenvalue weighted by atomic mass is 32.1. The minimum Gasteiger partial charge on any atom is -0.454 e. The SMILES string of the molecule is C.C.c1ccc(-n2c3ccccc3c3cc(-c4ccc5c(c4)c4ccccc4n5-c4cccc(-c5ccc6sc7ccccc7c6c5)c4)ccc32)cc1.c1ccc(-n2c3ccccc3c3cc(-c4ccc5c(c4)c4ccccc4n5-c4cccc5c4oc4ccccc45)ccc32)cc1.c1ccc(-n2c3ccccc3c3cc(-c4ccc5c(c4)c4ccccc4n5-c4cccc5c4sc4ccccc45)ccc32)cc1. The summed E-state index contributed by atoms with van der Waals surface area (Å²) in [5.41, 5.74) is 33.1. The van der Waals surface area contributed by atoms with Crippen LogP contribution in [-0.2, 0) is 0 Å². The lowest BCUT2D eigenvalue weighted by Gasteiger charge is -2.11. The van der Waals surface area contributed by atoms with Crippen LogP contribution in [-0.4, -0.2) is 27.4 Å². The summed E-state index contributed by atoms with van der Waals surface area (Å²) in [6.07, 6.45) is 0. The van der Waals surface area contributed by atoms with Gasteiger partial charge in [-0.2, -0.15) is 0 Å². The van der Waals surface area contributed by atoms with E-state index in [4.69, 9.17) is 4.42 Å². The third-order valence-electron chi connectivity index (χ3n) is 29.1. The number of hydrogen-bond donors (Lipinski definition) is 0. The maximum Gasteiger partial charge on any atom is 0.159 e. The van der Waals surface area contributed by atoms with Crippen LogP contribution < -0.4 is 0 Å². The van der Waals surface area contributed by atoms with E-state index in [9.17, 15) is 0 Å². The zero-order chi connectivity index (χ0) is 92.4. The lowest BCUT2D eigenvalue weighted by atomic mass is 10.0. The number of fused-ring (bicyclic) bond motifs is 27. The molecule has 0 aliphatic heterocycles. The molecule has 31 rings (SSSR count). The molecule has 0 saturated carbocycles. The fraction of sp³-hybridized carbons (Fsp3) is 0.0149. The maximum absolute atomic E-state index is 6.49. The Morgan fingerprint density at radius 1 is 0.147 bits per heavy atom. The monoisotopic (exact) mass is 1860 g/mol. The fourth-order valence-electron chi connectivity index (χ4n) is 22.8. The molecule has 0 amide bonds. The van der Waals surface area contributed by atoms with Crippen molar-refractivity contribution in [3.05, 3.63) is 497 Å². The van der Waals surface area contributed by atoms with Gasteiger partial charge in [0.2, 0.25) is 0 Å². The second kappa shape index (κ2) is 33.9. The van der Waals surface area contributed by atoms with Gasteiger partial charge in [-0.15, -0.1) is 22.7 Å². The van der Waals surface area contributed by atoms with Gasteiger partial charge in [0.25, 0.3) is 0 Å². The highest BCUT2D eigenvalue weighted by Gasteiger charge is 2.25. The topological polar surface area (TPSA) is 42.7 Å². The Balaban J connectivity index is 0.000000107. The van der Waals surface area contributed by atoms with E-state index >= 15 is 0 Å². The van der Waals surface area contributed by atoms with Gasteiger partial charge in [0.05, 0.1) is 82.3 Å². The van der Waals surface area contributed by atoms with Crippen LogP contribution in [0.15, 0.2) is 502 Å². The molecule has 0 aliphatic carbocycles. The molecule has 9 heteroatoms. The molecule has 0 atom stereocenters. The van der Waals surface area contributed by atoms with Gasteiger partial charge in [0.1, 0.15) is 5.58 Å². The summed E-state index contributed by atoms with van der Waals surface area (Å²) >= 11 is 3.75. The van der Waals surface area contributed by atoms with Crippen molar-refractivity contribution in [1.82, 2.24) is 27.4 Å². The number of benzene rings is 22. The second-order valence-corrected chi connectivity index (χ2v) is 39.0. The number of nitrogens with zero attached hydrogens (tertiary/aromatic N) is 6. The zero-order valence-electron chi connectivity index (χ0n) is 76.3. The molecule has 0 fully saturated rings. The van der Waals surface area contributed by atoms with Crippen LogP contribution in [0.4, 0.5) is 0 Å². The summed E-state index contributed by atoms with van der Waals surface area (Å²) in [6, 6.07) is 181. The highest BCUT2D eigenvalue weighted by molar-refractivity contribution is 7.26. The molecule has 0 unspecified atom stereocenters. The van der Waals surface area contributed by atoms with Crippen LogP contribution in [0.1, 0.15) is 14.9 Å². The predicted octanol–water partition coefficient (Wildman–Crippen LogP) is 38.2. The predicted molar refractivity (Wildman–Crippen MR) is 614 cm³/mol. The van der Waals surface area contributed by atoms with Crippen LogP contribution in [0.3, 0.4) is 0 Å². The van der Waals surface area contributed by atoms with Crippen molar-refractivity contribution in [3.8, 4) is 78.6 Å². The van der Waals surface area contributed by atoms with Gasteiger partial charge in [0.15, 0.2) is 5.58 Å². The molecule has 31 aromatic rings. The Hall–Kier alpha value is -18.1. The van der Waals surface area contributed by atoms with E-state index in [1.54, 1.807) is 0 Å². The molecular weight excluding hydrogens is 1770 g/mol. The normalized spacial score (nSPS) is 11.8. The molecule has 0 saturated heterocycles. The molecular formula is C134H90N6OS2. The van der Waals surface area contributed by atoms with E-state index in [-0.39, 0.29) is 14.9 Å². The quantitative estimate of drug-likeness (QED) is 0.135. The van der Waals surface area contributed by atoms with Gasteiger partial charge < -0.3 is 31.8 Å². The maximum atomic E-state index is 6.49. The van der Waals surface area contributed by atoms with Crippen molar-refractivity contribution in [2.75, 3.05) is 0 Å². The van der Waals surface area contributed by atoms with Gasteiger partial charge in [-0.25, -0.2) is 0 Å². The van der Waals surface area contributed by atoms with E-state index in [2.05, 4.69) is 513 Å². The van der Waals surface area contributed by atoms with Gasteiger partial charge in [0, 0.05) is 134 Å². The molecule has 0 spiro atoms. The smallest absolute Gasteiger partial charge is 0.159 e. The molecule has 0 bridgehead atoms. The molecule has 674 valence electrons. The Morgan fingerprint density at radius 3 is 0.818 bits per heavy atom. The Bertz CT molecular complexity index is 10200. The first-order chi connectivity index (χ1) is 69.9. The second-order valence-electron chi connectivity index (χ2n) is 36.9. The molecule has 7 nitrogen and oxygen atoms in total. The number of aromatic nitrogens is 6. The molecule has 9 aromatic heterocycles. The lowest BCUT2D eigenvalue weighted by Crippen LogP contribution is -1.94. The average Bonchev–Trinajstić information content (AvgIpc) is 1.57. The van der Waals surface area contributed by atoms with Crippen molar-refractivity contribution < 1.29 is 4.42 Å². The number of rotatable bonds is 10. The summed E-state index contributed by atoms with van der Waals surface area (Å²) in [7, 11) is 0. The van der Waals surface area contributed by atoms with Crippen molar-refractivity contribution in [3.63, 3.8) is 0 Å². The standard InChI is InChI=1S/C48H30N2S.C42H26N2O.C42H26N2S.2CH4/c1-2-12-35(13-3-1)49-43-18-7-4-15-37(43)40-28-32(21-24-45(40)49)33-22-25-46-41(29-33)38-16-5-8-19-44(38)50(46)36-14-10-11-31(27-36)34-23-26-48-42(30-34)39-17-6-9-20-47(39)51-48;2*1-2-11-29(12-3-1)43-36-17-7-4-13-30(36)34-25-27(21-23-38(34)43)28-22-24-39-35(26-28)31-14-5-8-18-37(31)44(39)40-19-10-16-33-32-15-6-9-20-41(32)45-42(33)40;;/h1-30H;2*1-26H;2*1H4. The van der Waals surface area contributed by atoms with E-state index in [0.717, 1.165) is 38.8 Å². The molecule has 0 aliphatic rings. The highest BCUT2D eigenvalue weighted by Crippen LogP contribution is 2.48. The Morgan fingerprint density at radius 2 is 0.406 bits per heavy atom. The molecule has 9 heterocycles. The number of hydrogen-bond acceptors (Lipinski definition) is 3. The third kappa shape index (κ3) is 13.5. The third-order valence-corrected chi connectivity index (χ3v) is 31.5. The summed E-state index contributed by atoms with van der Waals surface area (Å²) in [5.74, 6) is 0. The number of furan rings is 1. The average molecular weight is 1860 g/mol. The van der Waals surface area contributed by atoms with Crippen LogP contribution >= 0.6 is 22.7 Å². The minimum atomic E-state index is 0. The summed E-state index contributed by atoms with van der Waals surface area (Å²) < 4.78 is 26.2. The van der Waals surface area contributed by atoms with E-state index in [1.807, 2.05) is 34.8 Å². The molecule has 0 radical (unpaired) electrons. The Labute approximate surface area is 832 Å². The van der Waals surface area contributed by atoms with Gasteiger partial charge in [-0.05, 0) is 245 Å². The summed E-state index contributed by atoms with van der Waals surface area (Å²) in [6.45, 7) is 0. The molecule has 22 aromatic carbocycles. The number of thiophene rings is 2. The van der Waals surface area contributed by atoms with Crippen molar-refractivity contribution >= 4 is 216 Å². The van der Waals surface area contributed by atoms with Crippen LogP contribution in [0, 0.1) is 0 Å². The molecule has 143 heavy (non-hydrogen) atoms. The van der Waals surface area contributed by atoms with Gasteiger partial charge >= 0.3 is 0 Å². The summed E-state index contributed by atoms with van der Waals surface area (Å²) in [5, 5.41) is 22.7. The fourth-order valence-corrected chi connectivity index (χ4v) is 25.1. The summed E-state index contributed by atoms with van der Waals surface area (Å²) in [4.78, 5) is 0.